The van der Waals surface area contributed by atoms with E-state index in [4.69, 9.17) is 15.2 Å². The molecule has 65 heavy (non-hydrogen) atoms. The highest BCUT2D eigenvalue weighted by atomic mass is 19.1. The summed E-state index contributed by atoms with van der Waals surface area (Å²) in [5, 5.41) is 25.0. The molecule has 340 valence electrons. The maximum atomic E-state index is 15.4. The third-order valence-corrected chi connectivity index (χ3v) is 11.5. The van der Waals surface area contributed by atoms with Crippen molar-refractivity contribution < 1.29 is 33.4 Å². The minimum Gasteiger partial charge on any atom is -0.477 e. The highest BCUT2D eigenvalue weighted by Crippen LogP contribution is 2.27. The summed E-state index contributed by atoms with van der Waals surface area (Å²) in [7, 11) is 0. The highest BCUT2D eigenvalue weighted by Gasteiger charge is 2.26. The van der Waals surface area contributed by atoms with Gasteiger partial charge in [0.15, 0.2) is 0 Å². The number of benzene rings is 4. The van der Waals surface area contributed by atoms with Gasteiger partial charge in [0.05, 0.1) is 29.5 Å². The van der Waals surface area contributed by atoms with Crippen LogP contribution in [0.5, 0.6) is 0 Å². The number of aromatic nitrogens is 4. The van der Waals surface area contributed by atoms with E-state index in [1.54, 1.807) is 20.4 Å². The fourth-order valence-corrected chi connectivity index (χ4v) is 7.84. The van der Waals surface area contributed by atoms with Crippen LogP contribution >= 0.6 is 0 Å². The lowest BCUT2D eigenvalue weighted by Gasteiger charge is -2.35. The minimum atomic E-state index is -1.37. The molecule has 17 heteroatoms. The van der Waals surface area contributed by atoms with Crippen LogP contribution in [0.15, 0.2) is 114 Å². The van der Waals surface area contributed by atoms with Crippen LogP contribution in [0.4, 0.5) is 25.4 Å². The fraction of sp³-hybridized carbons (Fsp3) is 0.333. The summed E-state index contributed by atoms with van der Waals surface area (Å²) in [5.74, 6) is -2.00. The van der Waals surface area contributed by atoms with Gasteiger partial charge in [0.1, 0.15) is 30.3 Å². The summed E-state index contributed by atoms with van der Waals surface area (Å²) in [5.41, 5.74) is 9.59. The van der Waals surface area contributed by atoms with E-state index in [-0.39, 0.29) is 30.3 Å². The number of carbonyl (C=O) groups is 3. The van der Waals surface area contributed by atoms with Crippen molar-refractivity contribution in [1.82, 2.24) is 29.8 Å². The molecule has 0 spiro atoms. The van der Waals surface area contributed by atoms with E-state index in [9.17, 15) is 24.3 Å². The van der Waals surface area contributed by atoms with Crippen molar-refractivity contribution in [2.24, 2.45) is 5.73 Å². The second-order valence-corrected chi connectivity index (χ2v) is 15.9. The van der Waals surface area contributed by atoms with Crippen molar-refractivity contribution in [3.8, 4) is 0 Å². The third-order valence-electron chi connectivity index (χ3n) is 11.5. The lowest BCUT2D eigenvalue weighted by atomic mass is 10.0. The average molecular weight is 888 g/mol. The zero-order chi connectivity index (χ0) is 45.7. The van der Waals surface area contributed by atoms with Gasteiger partial charge in [-0.2, -0.15) is 0 Å². The number of halogens is 1. The predicted octanol–water partition coefficient (Wildman–Crippen LogP) is 6.90. The first-order valence-corrected chi connectivity index (χ1v) is 21.8. The first-order chi connectivity index (χ1) is 31.6. The van der Waals surface area contributed by atoms with Gasteiger partial charge < -0.3 is 45.3 Å². The van der Waals surface area contributed by atoms with Crippen LogP contribution in [-0.4, -0.2) is 87.0 Å². The number of nitrogens with one attached hydrogen (secondary N) is 2. The van der Waals surface area contributed by atoms with E-state index in [0.717, 1.165) is 47.7 Å². The number of pyridine rings is 1. The average Bonchev–Trinajstić information content (AvgIpc) is 3.82. The molecule has 2 amide bonds. The summed E-state index contributed by atoms with van der Waals surface area (Å²) in [6, 6.07) is 29.1. The smallest absolute Gasteiger partial charge is 0.410 e. The van der Waals surface area contributed by atoms with Crippen molar-refractivity contribution in [2.75, 3.05) is 49.5 Å². The van der Waals surface area contributed by atoms with Gasteiger partial charge in [-0.05, 0) is 80.1 Å². The second kappa shape index (κ2) is 21.9. The first kappa shape index (κ1) is 45.7. The molecule has 6 aromatic rings. The number of ether oxygens (including phenoxy) is 2. The number of hydrogen-bond acceptors (Lipinski definition) is 11. The molecule has 5 N–H and O–H groups in total. The molecule has 0 bridgehead atoms. The van der Waals surface area contributed by atoms with Crippen LogP contribution in [0.25, 0.3) is 10.9 Å². The number of nitrogens with two attached hydrogens (primary N) is 1. The number of rotatable bonds is 19. The number of anilines is 2. The number of alkyl carbamates (subject to hydrolysis) is 1. The number of piperazine rings is 1. The van der Waals surface area contributed by atoms with Gasteiger partial charge in [-0.25, -0.2) is 23.5 Å². The van der Waals surface area contributed by atoms with Crippen molar-refractivity contribution in [3.63, 3.8) is 0 Å². The monoisotopic (exact) mass is 887 g/mol. The predicted molar refractivity (Wildman–Crippen MR) is 244 cm³/mol. The normalized spacial score (nSPS) is 13.6. The minimum absolute atomic E-state index is 0.00141. The quantitative estimate of drug-likeness (QED) is 0.0615. The molecule has 1 aliphatic heterocycles. The number of carboxylic acid groups (broad SMARTS) is 1. The fourth-order valence-electron chi connectivity index (χ4n) is 7.84. The van der Waals surface area contributed by atoms with E-state index < -0.39 is 41.0 Å². The van der Waals surface area contributed by atoms with Gasteiger partial charge >= 0.3 is 18.2 Å². The van der Waals surface area contributed by atoms with Crippen LogP contribution in [0, 0.1) is 5.82 Å². The topological polar surface area (TPSA) is 199 Å². The number of nitrogens with zero attached hydrogens (tertiary/aromatic N) is 6. The molecule has 0 unspecified atom stereocenters. The van der Waals surface area contributed by atoms with Crippen LogP contribution in [0.2, 0.25) is 0 Å². The zero-order valence-corrected chi connectivity index (χ0v) is 36.3. The van der Waals surface area contributed by atoms with Crippen molar-refractivity contribution in [1.29, 1.82) is 0 Å². The first-order valence-electron chi connectivity index (χ1n) is 21.8. The Hall–Kier alpha value is -7.27. The molecule has 4 aromatic carbocycles. The van der Waals surface area contributed by atoms with Crippen molar-refractivity contribution in [3.05, 3.63) is 153 Å². The van der Waals surface area contributed by atoms with Gasteiger partial charge in [0, 0.05) is 56.5 Å². The molecule has 0 saturated carbocycles. The molecule has 3 heterocycles. The second-order valence-electron chi connectivity index (χ2n) is 15.9. The Morgan fingerprint density at radius 1 is 0.862 bits per heavy atom. The van der Waals surface area contributed by atoms with Crippen molar-refractivity contribution >= 4 is 40.4 Å². The number of carbonyl (C=O) groups excluding carboxylic acids is 2. The Morgan fingerprint density at radius 2 is 1.54 bits per heavy atom. The molecular formula is C48H54FN9O7. The summed E-state index contributed by atoms with van der Waals surface area (Å²) >= 11 is 0. The summed E-state index contributed by atoms with van der Waals surface area (Å²) in [4.78, 5) is 53.9. The van der Waals surface area contributed by atoms with Gasteiger partial charge in [0.25, 0.3) is 0 Å². The van der Waals surface area contributed by atoms with E-state index in [1.165, 1.54) is 6.20 Å². The maximum absolute atomic E-state index is 15.4. The van der Waals surface area contributed by atoms with Gasteiger partial charge in [-0.15, -0.1) is 5.10 Å². The van der Waals surface area contributed by atoms with Crippen LogP contribution in [-0.2, 0) is 35.7 Å². The number of amides is 2. The molecule has 16 nitrogen and oxygen atoms in total. The number of carboxylic acids is 1. The van der Waals surface area contributed by atoms with E-state index >= 15 is 4.39 Å². The Labute approximate surface area is 375 Å². The number of aryl methyl sites for hydroxylation is 1. The molecule has 2 atom stereocenters. The van der Waals surface area contributed by atoms with Gasteiger partial charge in [0.2, 0.25) is 5.43 Å². The van der Waals surface area contributed by atoms with Crippen LogP contribution < -0.4 is 26.7 Å². The largest absolute Gasteiger partial charge is 0.477 e. The molecule has 1 fully saturated rings. The maximum Gasteiger partial charge on any atom is 0.410 e. The summed E-state index contributed by atoms with van der Waals surface area (Å²) < 4.78 is 30.0. The molecule has 1 aliphatic rings. The molecule has 0 radical (unpaired) electrons. The Morgan fingerprint density at radius 3 is 2.22 bits per heavy atom. The highest BCUT2D eigenvalue weighted by molar-refractivity contribution is 5.93. The molecule has 0 aliphatic carbocycles. The summed E-state index contributed by atoms with van der Waals surface area (Å²) in [6.07, 6.45) is 5.15. The lowest BCUT2D eigenvalue weighted by Crippen LogP contribution is -2.49. The Bertz CT molecular complexity index is 2600. The van der Waals surface area contributed by atoms with E-state index in [0.29, 0.717) is 63.4 Å². The molecular weight excluding hydrogens is 834 g/mol. The van der Waals surface area contributed by atoms with E-state index in [2.05, 4.69) is 20.9 Å². The summed E-state index contributed by atoms with van der Waals surface area (Å²) in [6.45, 7) is 4.77. The standard InChI is InChI=1S/C48H54FN9O7/c1-2-55-29-39(46(60)61)45(59)38-26-40(49)44(27-43(38)55)56-21-23-57(24-22-56)48(63)65-32-35-16-18-36(19-17-35)51-28-37(15-9-10-20-50)58-30-42(53-54-58)41(25-33-11-5-3-6-12-33)52-47(62)64-31-34-13-7-4-8-14-34/h3-8,11-14,16-19,26-27,29-30,37,41,51H,2,9-10,15,20-25,28,31-32,50H2,1H3,(H,52,62)(H,60,61)/t37-,41-/m0/s1. The molecule has 2 aromatic heterocycles. The number of hydrogen-bond donors (Lipinski definition) is 4. The van der Waals surface area contributed by atoms with Crippen LogP contribution in [0.3, 0.4) is 0 Å². The number of fused-ring (bicyclic) bond motifs is 1. The van der Waals surface area contributed by atoms with Crippen LogP contribution in [0.1, 0.15) is 71.0 Å². The Balaban J connectivity index is 0.925. The number of unbranched alkanes of at least 4 members (excludes halogenated alkanes) is 1. The third kappa shape index (κ3) is 11.9. The zero-order valence-electron chi connectivity index (χ0n) is 36.3. The van der Waals surface area contributed by atoms with Gasteiger partial charge in [-0.3, -0.25) is 4.79 Å². The Kier molecular flexibility index (Phi) is 15.4. The molecule has 7 rings (SSSR count). The van der Waals surface area contributed by atoms with E-state index in [1.807, 2.05) is 103 Å². The SMILES string of the molecule is CCn1cc(C(=O)O)c(=O)c2cc(F)c(N3CCN(C(=O)OCc4ccc(NC[C@H](CCCCN)n5cc([C@H](Cc6ccccc6)NC(=O)OCc6ccccc6)nn5)cc4)CC3)cc21. The molecule has 1 saturated heterocycles. The lowest BCUT2D eigenvalue weighted by molar-refractivity contribution is 0.0694. The van der Waals surface area contributed by atoms with Gasteiger partial charge in [-0.1, -0.05) is 78.0 Å². The number of aromatic carboxylic acids is 1. The van der Waals surface area contributed by atoms with Crippen molar-refractivity contribution in [2.45, 2.75) is 64.4 Å².